The lowest BCUT2D eigenvalue weighted by atomic mass is 10.0. The molecule has 68 heavy (non-hydrogen) atoms. The summed E-state index contributed by atoms with van der Waals surface area (Å²) in [6, 6.07) is 0. The number of nitrogens with zero attached hydrogens (tertiary/aromatic N) is 1. The Balaban J connectivity index is 3.90. The maximum atomic E-state index is 12.8. The van der Waals surface area contributed by atoms with Crippen molar-refractivity contribution in [1.29, 1.82) is 0 Å². The van der Waals surface area contributed by atoms with Gasteiger partial charge in [-0.2, -0.15) is 0 Å². The Morgan fingerprint density at radius 2 is 0.662 bits per heavy atom. The maximum absolute atomic E-state index is 12.8. The van der Waals surface area contributed by atoms with Gasteiger partial charge in [0.25, 0.3) is 7.82 Å². The van der Waals surface area contributed by atoms with E-state index in [2.05, 4.69) is 13.8 Å². The highest BCUT2D eigenvalue weighted by Gasteiger charge is 2.22. The topological polar surface area (TPSA) is 111 Å². The number of quaternary nitrogens is 1. The van der Waals surface area contributed by atoms with E-state index >= 15 is 0 Å². The molecule has 0 aliphatic rings. The minimum atomic E-state index is -4.62. The maximum Gasteiger partial charge on any atom is 0.306 e. The van der Waals surface area contributed by atoms with Gasteiger partial charge in [-0.3, -0.25) is 14.2 Å². The van der Waals surface area contributed by atoms with Gasteiger partial charge in [-0.05, 0) is 12.8 Å². The van der Waals surface area contributed by atoms with Crippen LogP contribution in [0.5, 0.6) is 0 Å². The zero-order valence-electron chi connectivity index (χ0n) is 46.1. The number of hydrogen-bond donors (Lipinski definition) is 0. The second kappa shape index (κ2) is 50.9. The third-order valence-electron chi connectivity index (χ3n) is 13.6. The average molecular weight is 987 g/mol. The van der Waals surface area contributed by atoms with Crippen molar-refractivity contribution in [3.63, 3.8) is 0 Å². The van der Waals surface area contributed by atoms with E-state index < -0.39 is 26.5 Å². The number of phosphoric acid groups is 1. The van der Waals surface area contributed by atoms with E-state index in [4.69, 9.17) is 18.5 Å². The lowest BCUT2D eigenvalue weighted by Crippen LogP contribution is -2.37. The van der Waals surface area contributed by atoms with Crippen LogP contribution in [0.1, 0.15) is 309 Å². The van der Waals surface area contributed by atoms with Crippen LogP contribution in [-0.2, 0) is 32.7 Å². The number of hydrogen-bond acceptors (Lipinski definition) is 8. The first-order chi connectivity index (χ1) is 33.0. The van der Waals surface area contributed by atoms with E-state index in [-0.39, 0.29) is 32.0 Å². The Morgan fingerprint density at radius 1 is 0.397 bits per heavy atom. The van der Waals surface area contributed by atoms with Gasteiger partial charge in [0.15, 0.2) is 6.10 Å². The van der Waals surface area contributed by atoms with Crippen LogP contribution in [0.15, 0.2) is 0 Å². The lowest BCUT2D eigenvalue weighted by Gasteiger charge is -2.28. The van der Waals surface area contributed by atoms with Crippen molar-refractivity contribution < 1.29 is 42.1 Å². The Kier molecular flexibility index (Phi) is 50.2. The minimum absolute atomic E-state index is 0.0254. The molecular weight excluding hydrogens is 870 g/mol. The van der Waals surface area contributed by atoms with Crippen molar-refractivity contribution in [2.45, 2.75) is 315 Å². The SMILES string of the molecule is CCCCCCCCCCCCCCCCCCCCCCCCCCCCCCCCCCCC(=O)OC(COC(=O)CCCCCCCCCCCCC)COP(=O)([O-])OCC[N+](C)(C)C. The average Bonchev–Trinajstić information content (AvgIpc) is 3.30. The van der Waals surface area contributed by atoms with Crippen LogP contribution in [-0.4, -0.2) is 70.0 Å². The van der Waals surface area contributed by atoms with E-state index in [1.807, 2.05) is 21.1 Å². The number of rotatable bonds is 56. The molecule has 2 unspecified atom stereocenters. The van der Waals surface area contributed by atoms with Gasteiger partial charge in [-0.25, -0.2) is 0 Å². The Hall–Kier alpha value is -0.990. The summed E-state index contributed by atoms with van der Waals surface area (Å²) in [4.78, 5) is 37.7. The minimum Gasteiger partial charge on any atom is -0.756 e. The number of esters is 2. The molecule has 0 aliphatic carbocycles. The second-order valence-electron chi connectivity index (χ2n) is 21.7. The highest BCUT2D eigenvalue weighted by Crippen LogP contribution is 2.38. The Labute approximate surface area is 423 Å². The molecule has 2 atom stereocenters. The third kappa shape index (κ3) is 54.3. The lowest BCUT2D eigenvalue weighted by molar-refractivity contribution is -0.870. The van der Waals surface area contributed by atoms with Crippen LogP contribution >= 0.6 is 7.82 Å². The van der Waals surface area contributed by atoms with Gasteiger partial charge in [0.2, 0.25) is 0 Å². The third-order valence-corrected chi connectivity index (χ3v) is 14.6. The van der Waals surface area contributed by atoms with Crippen LogP contribution in [0.4, 0.5) is 0 Å². The number of carbonyl (C=O) groups excluding carboxylic acids is 2. The zero-order valence-corrected chi connectivity index (χ0v) is 47.0. The molecule has 0 aromatic carbocycles. The molecule has 406 valence electrons. The molecule has 0 fully saturated rings. The van der Waals surface area contributed by atoms with Crippen molar-refractivity contribution >= 4 is 19.8 Å². The standard InChI is InChI=1S/C58H116NO8P/c1-6-8-10-12-14-16-18-19-20-21-22-23-24-25-26-27-28-29-30-31-32-33-34-35-36-37-38-39-41-43-45-47-49-51-58(61)67-56(55-66-68(62,63)65-53-52-59(3,4)5)54-64-57(60)50-48-46-44-42-40-17-15-13-11-9-7-2/h56H,6-55H2,1-5H3. The molecule has 0 N–H and O–H groups in total. The molecule has 0 radical (unpaired) electrons. The van der Waals surface area contributed by atoms with E-state index in [1.165, 1.54) is 244 Å². The van der Waals surface area contributed by atoms with Crippen molar-refractivity contribution in [1.82, 2.24) is 0 Å². The molecule has 0 aliphatic heterocycles. The first-order valence-corrected chi connectivity index (χ1v) is 31.2. The van der Waals surface area contributed by atoms with Crippen LogP contribution in [0.2, 0.25) is 0 Å². The fraction of sp³-hybridized carbons (Fsp3) is 0.966. The molecule has 0 aromatic rings. The predicted molar refractivity (Wildman–Crippen MR) is 287 cm³/mol. The molecule has 0 amide bonds. The van der Waals surface area contributed by atoms with Gasteiger partial charge in [-0.1, -0.05) is 284 Å². The van der Waals surface area contributed by atoms with Crippen molar-refractivity contribution in [2.75, 3.05) is 47.5 Å². The van der Waals surface area contributed by atoms with Crippen LogP contribution in [0.25, 0.3) is 0 Å². The Morgan fingerprint density at radius 3 is 0.941 bits per heavy atom. The highest BCUT2D eigenvalue weighted by molar-refractivity contribution is 7.45. The van der Waals surface area contributed by atoms with Crippen molar-refractivity contribution in [3.8, 4) is 0 Å². The normalized spacial score (nSPS) is 13.2. The van der Waals surface area contributed by atoms with Crippen molar-refractivity contribution in [2.24, 2.45) is 0 Å². The zero-order chi connectivity index (χ0) is 49.9. The first kappa shape index (κ1) is 67.0. The molecule has 0 saturated heterocycles. The number of ether oxygens (including phenoxy) is 2. The fourth-order valence-corrected chi connectivity index (χ4v) is 9.74. The molecule has 0 heterocycles. The summed E-state index contributed by atoms with van der Waals surface area (Å²) in [6.45, 7) is 4.28. The molecule has 0 aromatic heterocycles. The summed E-state index contributed by atoms with van der Waals surface area (Å²) in [5.74, 6) is -0.815. The van der Waals surface area contributed by atoms with Gasteiger partial charge in [-0.15, -0.1) is 0 Å². The molecular formula is C58H116NO8P. The number of unbranched alkanes of at least 4 members (excludes halogenated alkanes) is 42. The number of phosphoric ester groups is 1. The molecule has 0 bridgehead atoms. The van der Waals surface area contributed by atoms with E-state index in [0.717, 1.165) is 32.1 Å². The van der Waals surface area contributed by atoms with Gasteiger partial charge in [0, 0.05) is 12.8 Å². The summed E-state index contributed by atoms with van der Waals surface area (Å²) in [5, 5.41) is 0. The van der Waals surface area contributed by atoms with Gasteiger partial charge in [0.05, 0.1) is 27.7 Å². The summed E-state index contributed by atoms with van der Waals surface area (Å²) in [7, 11) is 1.19. The smallest absolute Gasteiger partial charge is 0.306 e. The number of carbonyl (C=O) groups is 2. The monoisotopic (exact) mass is 986 g/mol. The van der Waals surface area contributed by atoms with Crippen LogP contribution in [0, 0.1) is 0 Å². The first-order valence-electron chi connectivity index (χ1n) is 29.7. The second-order valence-corrected chi connectivity index (χ2v) is 23.1. The van der Waals surface area contributed by atoms with Gasteiger partial charge < -0.3 is 27.9 Å². The molecule has 0 spiro atoms. The van der Waals surface area contributed by atoms with Gasteiger partial charge >= 0.3 is 11.9 Å². The summed E-state index contributed by atoms with van der Waals surface area (Å²) in [6.07, 6.45) is 57.6. The summed E-state index contributed by atoms with van der Waals surface area (Å²) < 4.78 is 34.1. The van der Waals surface area contributed by atoms with E-state index in [9.17, 15) is 19.0 Å². The number of likely N-dealkylation sites (N-methyl/N-ethyl adjacent to an activating group) is 1. The molecule has 0 rings (SSSR count). The van der Waals surface area contributed by atoms with E-state index in [0.29, 0.717) is 17.4 Å². The van der Waals surface area contributed by atoms with E-state index in [1.54, 1.807) is 0 Å². The van der Waals surface area contributed by atoms with Crippen molar-refractivity contribution in [3.05, 3.63) is 0 Å². The Bertz CT molecular complexity index is 1120. The molecule has 9 nitrogen and oxygen atoms in total. The summed E-state index contributed by atoms with van der Waals surface area (Å²) in [5.41, 5.74) is 0. The highest BCUT2D eigenvalue weighted by atomic mass is 31.2. The summed E-state index contributed by atoms with van der Waals surface area (Å²) >= 11 is 0. The predicted octanol–water partition coefficient (Wildman–Crippen LogP) is 17.6. The fourth-order valence-electron chi connectivity index (χ4n) is 9.01. The van der Waals surface area contributed by atoms with Crippen LogP contribution < -0.4 is 4.89 Å². The molecule has 0 saturated carbocycles. The quantitative estimate of drug-likeness (QED) is 0.0256. The van der Waals surface area contributed by atoms with Gasteiger partial charge in [0.1, 0.15) is 19.8 Å². The van der Waals surface area contributed by atoms with Crippen LogP contribution in [0.3, 0.4) is 0 Å². The largest absolute Gasteiger partial charge is 0.756 e. The molecule has 10 heteroatoms.